The third kappa shape index (κ3) is 10.8. The van der Waals surface area contributed by atoms with Crippen LogP contribution < -0.4 is 16.0 Å². The lowest BCUT2D eigenvalue weighted by Gasteiger charge is -2.30. The van der Waals surface area contributed by atoms with Gasteiger partial charge in [-0.25, -0.2) is 14.4 Å². The molecule has 0 aromatic heterocycles. The highest BCUT2D eigenvalue weighted by Gasteiger charge is 2.18. The number of aliphatic imine (C=N–C) groups is 2. The summed E-state index contributed by atoms with van der Waals surface area (Å²) in [6, 6.07) is 5.78. The van der Waals surface area contributed by atoms with Crippen LogP contribution in [0.25, 0.3) is 0 Å². The molecule has 0 unspecified atom stereocenters. The van der Waals surface area contributed by atoms with E-state index >= 15 is 0 Å². The molecule has 3 aliphatic rings. The molecule has 1 aromatic rings. The van der Waals surface area contributed by atoms with E-state index < -0.39 is 0 Å². The molecule has 7 heteroatoms. The van der Waals surface area contributed by atoms with Crippen molar-refractivity contribution < 1.29 is 4.39 Å². The molecule has 194 valence electrons. The fourth-order valence-electron chi connectivity index (χ4n) is 4.29. The van der Waals surface area contributed by atoms with Crippen LogP contribution in [0.15, 0.2) is 40.6 Å². The number of aryl methyl sites for hydroxylation is 1. The number of rotatable bonds is 5. The van der Waals surface area contributed by atoms with Gasteiger partial charge in [-0.2, -0.15) is 0 Å². The third-order valence-electron chi connectivity index (χ3n) is 6.61. The quantitative estimate of drug-likeness (QED) is 0.274. The molecule has 1 heterocycles. The Morgan fingerprint density at radius 3 is 2.23 bits per heavy atom. The van der Waals surface area contributed by atoms with Crippen molar-refractivity contribution in [3.05, 3.63) is 42.0 Å². The molecule has 0 amide bonds. The first-order valence-corrected chi connectivity index (χ1v) is 13.5. The molecular formula is C28H45FN6. The highest BCUT2D eigenvalue weighted by molar-refractivity contribution is 6.02. The van der Waals surface area contributed by atoms with Crippen molar-refractivity contribution in [2.24, 2.45) is 9.98 Å². The fraction of sp³-hybridized carbons (Fsp3) is 0.643. The third-order valence-corrected chi connectivity index (χ3v) is 6.61. The molecule has 0 spiro atoms. The van der Waals surface area contributed by atoms with Crippen molar-refractivity contribution >= 4 is 17.5 Å². The summed E-state index contributed by atoms with van der Waals surface area (Å²) in [6.07, 6.45) is 13.8. The van der Waals surface area contributed by atoms with Crippen LogP contribution in [-0.4, -0.2) is 48.9 Å². The minimum absolute atomic E-state index is 0.232. The highest BCUT2D eigenvalue weighted by Crippen LogP contribution is 2.20. The van der Waals surface area contributed by atoms with E-state index in [1.165, 1.54) is 51.0 Å². The van der Waals surface area contributed by atoms with Crippen molar-refractivity contribution in [1.29, 1.82) is 0 Å². The molecule has 1 aliphatic heterocycles. The number of nitrogens with zero attached hydrogens (tertiary/aromatic N) is 3. The van der Waals surface area contributed by atoms with Crippen LogP contribution in [0.4, 0.5) is 10.1 Å². The van der Waals surface area contributed by atoms with Crippen LogP contribution in [0.2, 0.25) is 0 Å². The maximum atomic E-state index is 13.9. The number of amidine groups is 1. The standard InChI is InChI=1S/C25H39FN6.C3H6/c1-18-11-12-23(17-24(18)26)28-20(3)30-25(31-21-9-7-5-6-8-10-21)29-19(2)27-22-13-15-32(4)16-14-22;1-2-3-1/h11-12,17,21-22,27H,2,5-10,13-16H2,1,3-4H3,(H2,28,29,30,31);1-3H2. The van der Waals surface area contributed by atoms with E-state index in [-0.39, 0.29) is 11.9 Å². The molecule has 35 heavy (non-hydrogen) atoms. The number of piperidine rings is 1. The predicted molar refractivity (Wildman–Crippen MR) is 147 cm³/mol. The van der Waals surface area contributed by atoms with Crippen molar-refractivity contribution in [3.8, 4) is 0 Å². The zero-order valence-corrected chi connectivity index (χ0v) is 22.0. The molecule has 4 rings (SSSR count). The van der Waals surface area contributed by atoms with Gasteiger partial charge in [-0.05, 0) is 77.4 Å². The van der Waals surface area contributed by atoms with Crippen LogP contribution >= 0.6 is 0 Å². The zero-order valence-electron chi connectivity index (χ0n) is 22.0. The molecule has 3 N–H and O–H groups in total. The first-order chi connectivity index (χ1) is 16.9. The second kappa shape index (κ2) is 14.2. The van der Waals surface area contributed by atoms with Crippen molar-refractivity contribution in [2.45, 2.75) is 96.6 Å². The van der Waals surface area contributed by atoms with Gasteiger partial charge in [0.2, 0.25) is 5.96 Å². The molecule has 1 aromatic carbocycles. The maximum absolute atomic E-state index is 13.9. The summed E-state index contributed by atoms with van der Waals surface area (Å²) < 4.78 is 13.9. The molecule has 2 aliphatic carbocycles. The first kappa shape index (κ1) is 27.2. The summed E-state index contributed by atoms with van der Waals surface area (Å²) in [5.74, 6) is 1.70. The van der Waals surface area contributed by atoms with E-state index in [1.54, 1.807) is 13.0 Å². The van der Waals surface area contributed by atoms with Gasteiger partial charge in [0.1, 0.15) is 11.7 Å². The number of benzene rings is 1. The van der Waals surface area contributed by atoms with Gasteiger partial charge in [0.25, 0.3) is 0 Å². The van der Waals surface area contributed by atoms with E-state index in [0.717, 1.165) is 44.6 Å². The molecule has 0 atom stereocenters. The lowest BCUT2D eigenvalue weighted by Crippen LogP contribution is -2.43. The SMILES string of the molecule is C1CC1.C=C(NC(=NC1CCCCCC1)/N=C(\C)Nc1ccc(C)c(F)c1)NC1CCN(C)CC1. The second-order valence-electron chi connectivity index (χ2n) is 10.3. The molecule has 2 saturated carbocycles. The van der Waals surface area contributed by atoms with E-state index in [9.17, 15) is 4.39 Å². The molecule has 0 radical (unpaired) electrons. The van der Waals surface area contributed by atoms with Gasteiger partial charge in [-0.15, -0.1) is 0 Å². The van der Waals surface area contributed by atoms with E-state index in [4.69, 9.17) is 9.98 Å². The summed E-state index contributed by atoms with van der Waals surface area (Å²) in [7, 11) is 2.16. The van der Waals surface area contributed by atoms with Gasteiger partial charge < -0.3 is 20.9 Å². The maximum Gasteiger partial charge on any atom is 0.225 e. The van der Waals surface area contributed by atoms with Gasteiger partial charge in [0.05, 0.1) is 11.9 Å². The highest BCUT2D eigenvalue weighted by atomic mass is 19.1. The Hall–Kier alpha value is -2.41. The van der Waals surface area contributed by atoms with Crippen LogP contribution in [-0.2, 0) is 0 Å². The van der Waals surface area contributed by atoms with Gasteiger partial charge in [-0.1, -0.05) is 57.6 Å². The van der Waals surface area contributed by atoms with Gasteiger partial charge in [0, 0.05) is 11.7 Å². The summed E-state index contributed by atoms with van der Waals surface area (Å²) >= 11 is 0. The average Bonchev–Trinajstić information content (AvgIpc) is 3.69. The smallest absolute Gasteiger partial charge is 0.225 e. The summed E-state index contributed by atoms with van der Waals surface area (Å²) in [4.78, 5) is 12.0. The van der Waals surface area contributed by atoms with Crippen molar-refractivity contribution in [2.75, 3.05) is 25.5 Å². The van der Waals surface area contributed by atoms with E-state index in [2.05, 4.69) is 34.5 Å². The monoisotopic (exact) mass is 484 g/mol. The zero-order chi connectivity index (χ0) is 25.0. The Morgan fingerprint density at radius 2 is 1.63 bits per heavy atom. The van der Waals surface area contributed by atoms with Gasteiger partial charge in [0.15, 0.2) is 0 Å². The Morgan fingerprint density at radius 1 is 1.00 bits per heavy atom. The van der Waals surface area contributed by atoms with E-state index in [0.29, 0.717) is 29.1 Å². The second-order valence-corrected chi connectivity index (χ2v) is 10.3. The van der Waals surface area contributed by atoms with Gasteiger partial charge in [-0.3, -0.25) is 0 Å². The summed E-state index contributed by atoms with van der Waals surface area (Å²) in [6.45, 7) is 9.97. The van der Waals surface area contributed by atoms with Crippen LogP contribution in [0.1, 0.15) is 83.1 Å². The number of anilines is 1. The number of hydrogen-bond donors (Lipinski definition) is 3. The number of halogens is 1. The molecule has 6 nitrogen and oxygen atoms in total. The Kier molecular flexibility index (Phi) is 11.0. The fourth-order valence-corrected chi connectivity index (χ4v) is 4.29. The molecule has 0 bridgehead atoms. The topological polar surface area (TPSA) is 64.0 Å². The number of guanidine groups is 1. The Bertz CT molecular complexity index is 859. The molecule has 1 saturated heterocycles. The van der Waals surface area contributed by atoms with Crippen LogP contribution in [0.5, 0.6) is 0 Å². The van der Waals surface area contributed by atoms with Crippen molar-refractivity contribution in [3.63, 3.8) is 0 Å². The number of nitrogens with one attached hydrogen (secondary N) is 3. The first-order valence-electron chi connectivity index (χ1n) is 13.5. The minimum atomic E-state index is -0.232. The average molecular weight is 485 g/mol. The molecular weight excluding hydrogens is 439 g/mol. The minimum Gasteiger partial charge on any atom is -0.369 e. The number of hydrogen-bond acceptors (Lipinski definition) is 3. The normalized spacial score (nSPS) is 20.3. The number of likely N-dealkylation sites (tertiary alicyclic amines) is 1. The summed E-state index contributed by atoms with van der Waals surface area (Å²) in [5, 5.41) is 10.00. The van der Waals surface area contributed by atoms with Gasteiger partial charge >= 0.3 is 0 Å². The lowest BCUT2D eigenvalue weighted by atomic mass is 10.1. The van der Waals surface area contributed by atoms with Crippen molar-refractivity contribution in [1.82, 2.24) is 15.5 Å². The molecule has 3 fully saturated rings. The lowest BCUT2D eigenvalue weighted by molar-refractivity contribution is 0.241. The summed E-state index contributed by atoms with van der Waals surface area (Å²) in [5.41, 5.74) is 1.30. The Balaban J connectivity index is 0.00000106. The predicted octanol–water partition coefficient (Wildman–Crippen LogP) is 5.96. The van der Waals surface area contributed by atoms with Crippen LogP contribution in [0, 0.1) is 12.7 Å². The van der Waals surface area contributed by atoms with Crippen LogP contribution in [0.3, 0.4) is 0 Å². The largest absolute Gasteiger partial charge is 0.369 e. The van der Waals surface area contributed by atoms with E-state index in [1.807, 2.05) is 13.0 Å². The Labute approximate surface area is 211 Å².